The van der Waals surface area contributed by atoms with E-state index in [0.29, 0.717) is 16.7 Å². The lowest BCUT2D eigenvalue weighted by Crippen LogP contribution is -2.07. The van der Waals surface area contributed by atoms with Crippen LogP contribution in [0.4, 0.5) is 8.78 Å². The molecule has 0 spiro atoms. The second kappa shape index (κ2) is 13.9. The monoisotopic (exact) mass is 564 g/mol. The highest BCUT2D eigenvalue weighted by Gasteiger charge is 2.18. The molecule has 4 aromatic rings. The van der Waals surface area contributed by atoms with E-state index in [1.165, 1.54) is 24.3 Å². The first kappa shape index (κ1) is 30.6. The van der Waals surface area contributed by atoms with Crippen molar-refractivity contribution < 1.29 is 23.5 Å². The molecule has 0 fully saturated rings. The van der Waals surface area contributed by atoms with Crippen LogP contribution in [0.3, 0.4) is 0 Å². The van der Waals surface area contributed by atoms with Crippen LogP contribution < -0.4 is 0 Å². The maximum Gasteiger partial charge on any atom is 0.307 e. The summed E-state index contributed by atoms with van der Waals surface area (Å²) in [5, 5.41) is 8.66. The zero-order chi connectivity index (χ0) is 29.4. The first-order chi connectivity index (χ1) is 19.0. The number of hydrogen-bond donors (Lipinski definition) is 1. The largest absolute Gasteiger partial charge is 0.481 e. The van der Waals surface area contributed by atoms with Crippen LogP contribution >= 0.6 is 11.6 Å². The van der Waals surface area contributed by atoms with Gasteiger partial charge in [0.05, 0.1) is 6.42 Å². The lowest BCUT2D eigenvalue weighted by molar-refractivity contribution is -0.136. The van der Waals surface area contributed by atoms with Gasteiger partial charge in [0, 0.05) is 31.2 Å². The fourth-order valence-corrected chi connectivity index (χ4v) is 4.74. The van der Waals surface area contributed by atoms with Gasteiger partial charge in [0.15, 0.2) is 0 Å². The number of rotatable bonds is 8. The zero-order valence-electron chi connectivity index (χ0n) is 22.8. The second-order valence-electron chi connectivity index (χ2n) is 9.93. The molecule has 0 unspecified atom stereocenters. The molecule has 0 amide bonds. The van der Waals surface area contributed by atoms with Gasteiger partial charge in [-0.05, 0) is 116 Å². The molecule has 2 aromatic heterocycles. The average molecular weight is 565 g/mol. The van der Waals surface area contributed by atoms with Crippen LogP contribution in [-0.2, 0) is 22.4 Å². The van der Waals surface area contributed by atoms with Crippen molar-refractivity contribution in [3.8, 4) is 22.3 Å². The van der Waals surface area contributed by atoms with E-state index in [1.54, 1.807) is 49.1 Å². The molecule has 0 atom stereocenters. The third-order valence-corrected chi connectivity index (χ3v) is 6.50. The Balaban J connectivity index is 0.000000220. The molecule has 2 aromatic carbocycles. The van der Waals surface area contributed by atoms with Crippen molar-refractivity contribution in [2.24, 2.45) is 0 Å². The van der Waals surface area contributed by atoms with E-state index in [1.807, 2.05) is 27.7 Å². The van der Waals surface area contributed by atoms with Crippen molar-refractivity contribution in [1.82, 2.24) is 9.97 Å². The van der Waals surface area contributed by atoms with Crippen LogP contribution in [0.15, 0.2) is 73.3 Å². The molecule has 0 saturated carbocycles. The van der Waals surface area contributed by atoms with E-state index >= 15 is 0 Å². The van der Waals surface area contributed by atoms with Crippen molar-refractivity contribution in [3.63, 3.8) is 0 Å². The first-order valence-electron chi connectivity index (χ1n) is 12.8. The number of nitrogens with zero attached hydrogens (tertiary/aromatic N) is 2. The summed E-state index contributed by atoms with van der Waals surface area (Å²) in [6.45, 7) is 7.79. The molecule has 208 valence electrons. The van der Waals surface area contributed by atoms with E-state index in [4.69, 9.17) is 16.7 Å². The Morgan fingerprint density at radius 2 is 1.10 bits per heavy atom. The SMILES string of the molecule is CC(C)c1cc(F)cc(-c2ccncc2)c1CC(=O)Cl.CC(C)c1cc(F)cc(-c2ccncc2)c1CC(=O)O. The van der Waals surface area contributed by atoms with Gasteiger partial charge in [-0.2, -0.15) is 0 Å². The minimum absolute atomic E-state index is 0.0561. The Hall–Kier alpha value is -3.97. The standard InChI is InChI=1S/C16H15ClFNO.C16H16FNO2/c1-10(2)13-7-12(18)8-14(15(13)9-16(17)20)11-3-5-19-6-4-11;1-10(2)13-7-12(17)8-14(15(13)9-16(19)20)11-3-5-18-6-4-11/h3-8,10H,9H2,1-2H3;3-8,10H,9H2,1-2H3,(H,19,20). The summed E-state index contributed by atoms with van der Waals surface area (Å²) < 4.78 is 27.7. The molecule has 1 N–H and O–H groups in total. The van der Waals surface area contributed by atoms with E-state index in [0.717, 1.165) is 27.8 Å². The van der Waals surface area contributed by atoms with Crippen LogP contribution in [0.1, 0.15) is 61.8 Å². The fraction of sp³-hybridized carbons (Fsp3) is 0.250. The van der Waals surface area contributed by atoms with Crippen molar-refractivity contribution in [3.05, 3.63) is 107 Å². The summed E-state index contributed by atoms with van der Waals surface area (Å²) in [5.74, 6) is -1.42. The summed E-state index contributed by atoms with van der Waals surface area (Å²) in [4.78, 5) is 30.3. The highest BCUT2D eigenvalue weighted by molar-refractivity contribution is 6.63. The quantitative estimate of drug-likeness (QED) is 0.220. The van der Waals surface area contributed by atoms with E-state index in [9.17, 15) is 18.4 Å². The average Bonchev–Trinajstić information content (AvgIpc) is 2.90. The molecule has 0 aliphatic heterocycles. The van der Waals surface area contributed by atoms with Gasteiger partial charge in [-0.3, -0.25) is 19.6 Å². The Labute approximate surface area is 237 Å². The maximum atomic E-state index is 13.9. The number of carboxylic acids is 1. The highest BCUT2D eigenvalue weighted by atomic mass is 35.5. The lowest BCUT2D eigenvalue weighted by atomic mass is 9.88. The molecule has 0 saturated heterocycles. The number of halogens is 3. The van der Waals surface area contributed by atoms with Gasteiger partial charge in [0.1, 0.15) is 11.6 Å². The molecular formula is C32H31ClF2N2O3. The molecule has 2 heterocycles. The molecule has 0 aliphatic carbocycles. The number of carbonyl (C=O) groups is 2. The molecule has 4 rings (SSSR count). The van der Waals surface area contributed by atoms with Crippen LogP contribution in [-0.4, -0.2) is 26.3 Å². The molecular weight excluding hydrogens is 534 g/mol. The predicted molar refractivity (Wildman–Crippen MR) is 153 cm³/mol. The Kier molecular flexibility index (Phi) is 10.6. The van der Waals surface area contributed by atoms with E-state index < -0.39 is 11.2 Å². The molecule has 8 heteroatoms. The first-order valence-corrected chi connectivity index (χ1v) is 13.2. The van der Waals surface area contributed by atoms with Gasteiger partial charge >= 0.3 is 5.97 Å². The fourth-order valence-electron chi connectivity index (χ4n) is 4.61. The number of benzene rings is 2. The predicted octanol–water partition coefficient (Wildman–Crippen LogP) is 7.96. The van der Waals surface area contributed by atoms with Crippen LogP contribution in [0.5, 0.6) is 0 Å². The van der Waals surface area contributed by atoms with Gasteiger partial charge in [-0.25, -0.2) is 8.78 Å². The van der Waals surface area contributed by atoms with Crippen molar-refractivity contribution in [2.45, 2.75) is 52.4 Å². The normalized spacial score (nSPS) is 10.8. The Bertz CT molecular complexity index is 1360. The van der Waals surface area contributed by atoms with Gasteiger partial charge in [-0.15, -0.1) is 0 Å². The maximum absolute atomic E-state index is 13.9. The number of pyridine rings is 2. The third kappa shape index (κ3) is 8.02. The minimum Gasteiger partial charge on any atom is -0.481 e. The molecule has 0 bridgehead atoms. The van der Waals surface area contributed by atoms with Crippen molar-refractivity contribution in [1.29, 1.82) is 0 Å². The molecule has 0 radical (unpaired) electrons. The van der Waals surface area contributed by atoms with Crippen LogP contribution in [0.2, 0.25) is 0 Å². The Morgan fingerprint density at radius 3 is 1.43 bits per heavy atom. The highest BCUT2D eigenvalue weighted by Crippen LogP contribution is 2.33. The van der Waals surface area contributed by atoms with E-state index in [2.05, 4.69) is 9.97 Å². The molecule has 0 aliphatic rings. The zero-order valence-corrected chi connectivity index (χ0v) is 23.5. The smallest absolute Gasteiger partial charge is 0.307 e. The van der Waals surface area contributed by atoms with Crippen LogP contribution in [0.25, 0.3) is 22.3 Å². The summed E-state index contributed by atoms with van der Waals surface area (Å²) in [5.41, 5.74) is 5.92. The number of hydrogen-bond acceptors (Lipinski definition) is 4. The minimum atomic E-state index is -0.922. The summed E-state index contributed by atoms with van der Waals surface area (Å²) in [7, 11) is 0. The second-order valence-corrected chi connectivity index (χ2v) is 10.3. The molecule has 5 nitrogen and oxygen atoms in total. The summed E-state index contributed by atoms with van der Waals surface area (Å²) in [6, 6.07) is 12.8. The number of carbonyl (C=O) groups excluding carboxylic acids is 1. The number of aromatic nitrogens is 2. The van der Waals surface area contributed by atoms with Crippen LogP contribution in [0, 0.1) is 11.6 Å². The van der Waals surface area contributed by atoms with Gasteiger partial charge in [0.2, 0.25) is 5.24 Å². The number of carboxylic acid groups (broad SMARTS) is 1. The summed E-state index contributed by atoms with van der Waals surface area (Å²) in [6.07, 6.45) is 6.47. The lowest BCUT2D eigenvalue weighted by Gasteiger charge is -2.17. The third-order valence-electron chi connectivity index (χ3n) is 6.37. The van der Waals surface area contributed by atoms with E-state index in [-0.39, 0.29) is 36.3 Å². The Morgan fingerprint density at radius 1 is 0.725 bits per heavy atom. The summed E-state index contributed by atoms with van der Waals surface area (Å²) >= 11 is 5.54. The molecule has 40 heavy (non-hydrogen) atoms. The van der Waals surface area contributed by atoms with Gasteiger partial charge in [-0.1, -0.05) is 27.7 Å². The van der Waals surface area contributed by atoms with Crippen molar-refractivity contribution >= 4 is 22.8 Å². The van der Waals surface area contributed by atoms with Crippen molar-refractivity contribution in [2.75, 3.05) is 0 Å². The van der Waals surface area contributed by atoms with Gasteiger partial charge < -0.3 is 5.11 Å². The van der Waals surface area contributed by atoms with Gasteiger partial charge in [0.25, 0.3) is 0 Å². The number of aliphatic carboxylic acids is 1. The topological polar surface area (TPSA) is 80.2 Å².